The molecule has 3 rings (SSSR count). The maximum atomic E-state index is 12.2. The Morgan fingerprint density at radius 3 is 2.84 bits per heavy atom. The Morgan fingerprint density at radius 2 is 2.08 bits per heavy atom. The third-order valence-corrected chi connectivity index (χ3v) is 4.28. The van der Waals surface area contributed by atoms with Crippen LogP contribution in [-0.2, 0) is 16.1 Å². The summed E-state index contributed by atoms with van der Waals surface area (Å²) in [5, 5.41) is 2.94. The second kappa shape index (κ2) is 8.62. The lowest BCUT2D eigenvalue weighted by Crippen LogP contribution is -2.16. The lowest BCUT2D eigenvalue weighted by Gasteiger charge is -2.13. The fourth-order valence-corrected chi connectivity index (χ4v) is 2.93. The van der Waals surface area contributed by atoms with Gasteiger partial charge in [-0.15, -0.1) is 0 Å². The van der Waals surface area contributed by atoms with Crippen molar-refractivity contribution < 1.29 is 14.3 Å². The van der Waals surface area contributed by atoms with Crippen LogP contribution >= 0.6 is 0 Å². The summed E-state index contributed by atoms with van der Waals surface area (Å²) in [5.41, 5.74) is 1.53. The number of hydrogen-bond donors (Lipinski definition) is 1. The fraction of sp³-hybridized carbons (Fsp3) is 0.400. The summed E-state index contributed by atoms with van der Waals surface area (Å²) in [4.78, 5) is 16.5. The molecule has 0 spiro atoms. The normalized spacial score (nSPS) is 19.6. The summed E-state index contributed by atoms with van der Waals surface area (Å²) in [6.07, 6.45) is 5.58. The number of benzene rings is 1. The zero-order valence-corrected chi connectivity index (χ0v) is 14.5. The Hall–Kier alpha value is -2.40. The molecular formula is C20H24N2O3. The van der Waals surface area contributed by atoms with E-state index in [-0.39, 0.29) is 12.0 Å². The molecule has 5 heteroatoms. The highest BCUT2D eigenvalue weighted by Crippen LogP contribution is 2.26. The highest BCUT2D eigenvalue weighted by Gasteiger charge is 2.22. The molecule has 1 aliphatic heterocycles. The van der Waals surface area contributed by atoms with E-state index < -0.39 is 0 Å². The van der Waals surface area contributed by atoms with Gasteiger partial charge in [-0.05, 0) is 50.5 Å². The molecule has 1 aromatic heterocycles. The highest BCUT2D eigenvalue weighted by molar-refractivity contribution is 5.92. The SMILES string of the molecule is CC1CCC(CCC(=O)Nc2ccccc2OCc2ccccn2)O1. The molecule has 2 aromatic rings. The van der Waals surface area contributed by atoms with Crippen molar-refractivity contribution in [3.63, 3.8) is 0 Å². The van der Waals surface area contributed by atoms with E-state index in [1.165, 1.54) is 0 Å². The molecule has 0 aliphatic carbocycles. The van der Waals surface area contributed by atoms with Gasteiger partial charge in [0.2, 0.25) is 5.91 Å². The van der Waals surface area contributed by atoms with E-state index in [0.29, 0.717) is 30.6 Å². The van der Waals surface area contributed by atoms with Crippen LogP contribution in [0, 0.1) is 0 Å². The van der Waals surface area contributed by atoms with Crippen LogP contribution in [0.1, 0.15) is 38.3 Å². The van der Waals surface area contributed by atoms with Crippen molar-refractivity contribution in [2.24, 2.45) is 0 Å². The minimum Gasteiger partial charge on any atom is -0.485 e. The fourth-order valence-electron chi connectivity index (χ4n) is 2.93. The maximum absolute atomic E-state index is 12.2. The number of carbonyl (C=O) groups excluding carboxylic acids is 1. The van der Waals surface area contributed by atoms with E-state index in [9.17, 15) is 4.79 Å². The van der Waals surface area contributed by atoms with Crippen LogP contribution in [0.15, 0.2) is 48.7 Å². The summed E-state index contributed by atoms with van der Waals surface area (Å²) in [6.45, 7) is 2.44. The Labute approximate surface area is 148 Å². The zero-order chi connectivity index (χ0) is 17.5. The van der Waals surface area contributed by atoms with Crippen LogP contribution in [0.2, 0.25) is 0 Å². The number of nitrogens with one attached hydrogen (secondary N) is 1. The van der Waals surface area contributed by atoms with Crippen molar-refractivity contribution in [3.05, 3.63) is 54.4 Å². The summed E-state index contributed by atoms with van der Waals surface area (Å²) >= 11 is 0. The van der Waals surface area contributed by atoms with Gasteiger partial charge >= 0.3 is 0 Å². The number of pyridine rings is 1. The van der Waals surface area contributed by atoms with Crippen LogP contribution < -0.4 is 10.1 Å². The molecule has 2 atom stereocenters. The van der Waals surface area contributed by atoms with Crippen molar-refractivity contribution in [1.82, 2.24) is 4.98 Å². The molecule has 2 heterocycles. The number of aromatic nitrogens is 1. The molecule has 1 saturated heterocycles. The van der Waals surface area contributed by atoms with Crippen LogP contribution in [0.3, 0.4) is 0 Å². The van der Waals surface area contributed by atoms with Crippen molar-refractivity contribution in [1.29, 1.82) is 0 Å². The minimum atomic E-state index is -0.0166. The number of para-hydroxylation sites is 2. The number of rotatable bonds is 7. The molecular weight excluding hydrogens is 316 g/mol. The van der Waals surface area contributed by atoms with E-state index in [1.807, 2.05) is 42.5 Å². The first kappa shape index (κ1) is 17.4. The van der Waals surface area contributed by atoms with Gasteiger partial charge in [0.05, 0.1) is 23.6 Å². The van der Waals surface area contributed by atoms with E-state index in [1.54, 1.807) is 6.20 Å². The Morgan fingerprint density at radius 1 is 1.24 bits per heavy atom. The molecule has 0 radical (unpaired) electrons. The molecule has 25 heavy (non-hydrogen) atoms. The standard InChI is InChI=1S/C20H24N2O3/c1-15-9-10-17(25-15)11-12-20(23)22-18-7-2-3-8-19(18)24-14-16-6-4-5-13-21-16/h2-8,13,15,17H,9-12,14H2,1H3,(H,22,23). The molecule has 5 nitrogen and oxygen atoms in total. The molecule has 0 saturated carbocycles. The van der Waals surface area contributed by atoms with Gasteiger partial charge in [0, 0.05) is 12.6 Å². The van der Waals surface area contributed by atoms with Crippen molar-refractivity contribution in [2.45, 2.75) is 51.4 Å². The van der Waals surface area contributed by atoms with Crippen LogP contribution in [0.25, 0.3) is 0 Å². The molecule has 1 N–H and O–H groups in total. The summed E-state index contributed by atoms with van der Waals surface area (Å²) in [7, 11) is 0. The highest BCUT2D eigenvalue weighted by atomic mass is 16.5. The largest absolute Gasteiger partial charge is 0.485 e. The molecule has 1 aliphatic rings. The summed E-state index contributed by atoms with van der Waals surface area (Å²) in [5.74, 6) is 0.629. The third kappa shape index (κ3) is 5.29. The predicted octanol–water partition coefficient (Wildman–Crippen LogP) is 3.95. The van der Waals surface area contributed by atoms with Crippen molar-refractivity contribution >= 4 is 11.6 Å². The first-order valence-corrected chi connectivity index (χ1v) is 8.78. The second-order valence-corrected chi connectivity index (χ2v) is 6.34. The smallest absolute Gasteiger partial charge is 0.224 e. The van der Waals surface area contributed by atoms with Gasteiger partial charge < -0.3 is 14.8 Å². The number of nitrogens with zero attached hydrogens (tertiary/aromatic N) is 1. The van der Waals surface area contributed by atoms with Crippen LogP contribution in [-0.4, -0.2) is 23.1 Å². The first-order chi connectivity index (χ1) is 12.2. The summed E-state index contributed by atoms with van der Waals surface area (Å²) in [6, 6.07) is 13.2. The van der Waals surface area contributed by atoms with Crippen LogP contribution in [0.4, 0.5) is 5.69 Å². The Bertz CT molecular complexity index is 690. The topological polar surface area (TPSA) is 60.5 Å². The monoisotopic (exact) mass is 340 g/mol. The molecule has 1 amide bonds. The van der Waals surface area contributed by atoms with Gasteiger partial charge in [-0.25, -0.2) is 0 Å². The van der Waals surface area contributed by atoms with Gasteiger partial charge in [-0.2, -0.15) is 0 Å². The van der Waals surface area contributed by atoms with Crippen molar-refractivity contribution in [2.75, 3.05) is 5.32 Å². The average Bonchev–Trinajstić information content (AvgIpc) is 3.05. The zero-order valence-electron chi connectivity index (χ0n) is 14.5. The molecule has 0 bridgehead atoms. The lowest BCUT2D eigenvalue weighted by molar-refractivity contribution is -0.116. The van der Waals surface area contributed by atoms with E-state index in [0.717, 1.165) is 25.0 Å². The number of hydrogen-bond acceptors (Lipinski definition) is 4. The number of ether oxygens (including phenoxy) is 2. The van der Waals surface area contributed by atoms with E-state index in [2.05, 4.69) is 17.2 Å². The first-order valence-electron chi connectivity index (χ1n) is 8.78. The van der Waals surface area contributed by atoms with Gasteiger partial charge in [-0.1, -0.05) is 18.2 Å². The molecule has 132 valence electrons. The number of anilines is 1. The Kier molecular flexibility index (Phi) is 6.01. The van der Waals surface area contributed by atoms with Gasteiger partial charge in [0.15, 0.2) is 0 Å². The van der Waals surface area contributed by atoms with Crippen LogP contribution in [0.5, 0.6) is 5.75 Å². The van der Waals surface area contributed by atoms with Gasteiger partial charge in [-0.3, -0.25) is 9.78 Å². The van der Waals surface area contributed by atoms with Crippen molar-refractivity contribution in [3.8, 4) is 5.75 Å². The molecule has 1 aromatic carbocycles. The number of amides is 1. The second-order valence-electron chi connectivity index (χ2n) is 6.34. The van der Waals surface area contributed by atoms with Gasteiger partial charge in [0.1, 0.15) is 12.4 Å². The van der Waals surface area contributed by atoms with Gasteiger partial charge in [0.25, 0.3) is 0 Å². The van der Waals surface area contributed by atoms with E-state index in [4.69, 9.17) is 9.47 Å². The third-order valence-electron chi connectivity index (χ3n) is 4.28. The maximum Gasteiger partial charge on any atom is 0.224 e. The number of carbonyl (C=O) groups is 1. The quantitative estimate of drug-likeness (QED) is 0.829. The van der Waals surface area contributed by atoms with E-state index >= 15 is 0 Å². The lowest BCUT2D eigenvalue weighted by atomic mass is 10.1. The average molecular weight is 340 g/mol. The molecule has 1 fully saturated rings. The minimum absolute atomic E-state index is 0.0166. The Balaban J connectivity index is 1.52. The molecule has 2 unspecified atom stereocenters. The predicted molar refractivity (Wildman–Crippen MR) is 96.4 cm³/mol. The summed E-state index contributed by atoms with van der Waals surface area (Å²) < 4.78 is 11.6.